The standard InChI is InChI=1S/C32H53BNO6PSi2/c1-24(2)34(25(3)4)41-38-30-28(36-23-32(30,35)22-33)21-37-43(31(5,6)7,40-42(8,9)10)39-29(26-17-13-11-14-18-26)27-19-15-12-16-20-27/h11-20,24-25,28-30,35,41H,21-23H2,1-10H3. The molecule has 0 aliphatic carbocycles. The molecule has 43 heavy (non-hydrogen) atoms. The van der Waals surface area contributed by atoms with Gasteiger partial charge in [0.25, 0.3) is 0 Å². The van der Waals surface area contributed by atoms with Crippen molar-refractivity contribution >= 4 is 33.9 Å². The van der Waals surface area contributed by atoms with E-state index >= 15 is 0 Å². The van der Waals surface area contributed by atoms with E-state index in [-0.39, 0.29) is 40.6 Å². The molecule has 3 rings (SSSR count). The summed E-state index contributed by atoms with van der Waals surface area (Å²) in [5.41, 5.74) is 0.734. The van der Waals surface area contributed by atoms with Gasteiger partial charge in [-0.25, -0.2) is 0 Å². The van der Waals surface area contributed by atoms with E-state index < -0.39 is 46.1 Å². The van der Waals surface area contributed by atoms with Crippen LogP contribution < -0.4 is 0 Å². The molecular weight excluding hydrogens is 592 g/mol. The first-order valence-corrected chi connectivity index (χ1v) is 21.4. The number of hydrogen-bond donors (Lipinski definition) is 1. The Balaban J connectivity index is 1.99. The molecule has 1 saturated heterocycles. The first-order chi connectivity index (χ1) is 20.0. The Morgan fingerprint density at radius 1 is 0.977 bits per heavy atom. The summed E-state index contributed by atoms with van der Waals surface area (Å²) < 4.78 is 36.1. The summed E-state index contributed by atoms with van der Waals surface area (Å²) in [5.74, 6) is 0. The fourth-order valence-electron chi connectivity index (χ4n) is 5.16. The zero-order chi connectivity index (χ0) is 32.1. The summed E-state index contributed by atoms with van der Waals surface area (Å²) in [6.07, 6.45) is -1.57. The zero-order valence-electron chi connectivity index (χ0n) is 27.8. The van der Waals surface area contributed by atoms with Gasteiger partial charge in [-0.05, 0) is 58.5 Å². The van der Waals surface area contributed by atoms with Crippen molar-refractivity contribution in [1.82, 2.24) is 4.67 Å². The van der Waals surface area contributed by atoms with Crippen molar-refractivity contribution in [2.45, 2.75) is 115 Å². The lowest BCUT2D eigenvalue weighted by molar-refractivity contribution is -0.0335. The van der Waals surface area contributed by atoms with E-state index in [0.29, 0.717) is 0 Å². The summed E-state index contributed by atoms with van der Waals surface area (Å²) in [6.45, 7) is 21.6. The lowest BCUT2D eigenvalue weighted by atomic mass is 9.83. The van der Waals surface area contributed by atoms with Crippen LogP contribution in [0.4, 0.5) is 0 Å². The molecule has 7 nitrogen and oxygen atoms in total. The van der Waals surface area contributed by atoms with Crippen LogP contribution in [0, 0.1) is 0 Å². The van der Waals surface area contributed by atoms with Crippen LogP contribution in [0.25, 0.3) is 0 Å². The van der Waals surface area contributed by atoms with Crippen LogP contribution in [0.15, 0.2) is 60.7 Å². The first-order valence-electron chi connectivity index (χ1n) is 15.4. The van der Waals surface area contributed by atoms with E-state index in [0.717, 1.165) is 11.1 Å². The molecule has 0 spiro atoms. The SMILES string of the molecule is [B]CC1(O)COC(CO[Si](OC(c2ccccc2)c2ccccc2)(O[Si](C)(C)C)C(C)(C)C)C1OPN(C(C)C)C(C)C. The van der Waals surface area contributed by atoms with Gasteiger partial charge in [0.1, 0.15) is 23.9 Å². The minimum atomic E-state index is -3.49. The highest BCUT2D eigenvalue weighted by molar-refractivity contribution is 7.29. The van der Waals surface area contributed by atoms with Crippen LogP contribution in [0.3, 0.4) is 0 Å². The van der Waals surface area contributed by atoms with Crippen molar-refractivity contribution < 1.29 is 27.3 Å². The molecule has 0 aromatic heterocycles. The maximum absolute atomic E-state index is 11.4. The largest absolute Gasteiger partial charge is 0.497 e. The number of ether oxygens (including phenoxy) is 1. The van der Waals surface area contributed by atoms with Gasteiger partial charge in [0.2, 0.25) is 0 Å². The molecule has 1 N–H and O–H groups in total. The third-order valence-electron chi connectivity index (χ3n) is 7.44. The van der Waals surface area contributed by atoms with E-state index in [1.165, 1.54) is 0 Å². The Hall–Kier alpha value is -0.911. The fraction of sp³-hybridized carbons (Fsp3) is 0.625. The van der Waals surface area contributed by atoms with Crippen LogP contribution in [0.5, 0.6) is 0 Å². The molecule has 238 valence electrons. The average molecular weight is 646 g/mol. The maximum atomic E-state index is 11.4. The number of benzene rings is 2. The quantitative estimate of drug-likeness (QED) is 0.163. The van der Waals surface area contributed by atoms with Crippen molar-refractivity contribution in [3.8, 4) is 0 Å². The number of aliphatic hydroxyl groups is 1. The molecule has 1 aliphatic heterocycles. The van der Waals surface area contributed by atoms with Gasteiger partial charge in [-0.1, -0.05) is 87.8 Å². The monoisotopic (exact) mass is 645 g/mol. The fourth-order valence-corrected chi connectivity index (χ4v) is 12.9. The predicted octanol–water partition coefficient (Wildman–Crippen LogP) is 7.13. The Bertz CT molecular complexity index is 1070. The van der Waals surface area contributed by atoms with E-state index in [2.05, 4.69) is 97.0 Å². The molecule has 0 saturated carbocycles. The molecular formula is C32H53BNO6PSi2. The third kappa shape index (κ3) is 9.55. The Morgan fingerprint density at radius 3 is 1.91 bits per heavy atom. The minimum absolute atomic E-state index is 0.0236. The summed E-state index contributed by atoms with van der Waals surface area (Å²) in [4.78, 5) is 0. The van der Waals surface area contributed by atoms with Gasteiger partial charge in [0, 0.05) is 17.1 Å². The van der Waals surface area contributed by atoms with Gasteiger partial charge < -0.3 is 27.3 Å². The molecule has 1 aliphatic rings. The molecule has 1 fully saturated rings. The highest BCUT2D eigenvalue weighted by Gasteiger charge is 2.58. The van der Waals surface area contributed by atoms with Crippen LogP contribution in [-0.4, -0.2) is 77.9 Å². The zero-order valence-corrected chi connectivity index (χ0v) is 30.8. The van der Waals surface area contributed by atoms with E-state index in [1.54, 1.807) is 0 Å². The average Bonchev–Trinajstić information content (AvgIpc) is 3.25. The van der Waals surface area contributed by atoms with E-state index in [1.807, 2.05) is 36.4 Å². The molecule has 0 amide bonds. The summed E-state index contributed by atoms with van der Waals surface area (Å²) in [5, 5.41) is 11.0. The normalized spacial score (nSPS) is 23.3. The molecule has 1 heterocycles. The second kappa shape index (κ2) is 15.1. The molecule has 2 radical (unpaired) electrons. The smallest absolute Gasteiger partial charge is 0.416 e. The lowest BCUT2D eigenvalue weighted by Crippen LogP contribution is -2.60. The molecule has 11 heteroatoms. The molecule has 2 aromatic carbocycles. The Morgan fingerprint density at radius 2 is 1.49 bits per heavy atom. The van der Waals surface area contributed by atoms with Crippen molar-refractivity contribution in [1.29, 1.82) is 0 Å². The van der Waals surface area contributed by atoms with Gasteiger partial charge in [-0.2, -0.15) is 0 Å². The third-order valence-corrected chi connectivity index (χ3v) is 15.5. The van der Waals surface area contributed by atoms with Crippen molar-refractivity contribution in [2.75, 3.05) is 13.2 Å². The molecule has 0 bridgehead atoms. The predicted molar refractivity (Wildman–Crippen MR) is 182 cm³/mol. The number of nitrogens with zero attached hydrogens (tertiary/aromatic N) is 1. The van der Waals surface area contributed by atoms with Crippen LogP contribution in [0.2, 0.25) is 31.0 Å². The van der Waals surface area contributed by atoms with Crippen molar-refractivity contribution in [3.63, 3.8) is 0 Å². The summed E-state index contributed by atoms with van der Waals surface area (Å²) in [6, 6.07) is 21.0. The van der Waals surface area contributed by atoms with Crippen molar-refractivity contribution in [2.24, 2.45) is 0 Å². The second-order valence-electron chi connectivity index (χ2n) is 14.0. The van der Waals surface area contributed by atoms with Gasteiger partial charge >= 0.3 is 8.80 Å². The number of rotatable bonds is 15. The topological polar surface area (TPSA) is 69.6 Å². The van der Waals surface area contributed by atoms with Gasteiger partial charge in [0.05, 0.1) is 30.0 Å². The summed E-state index contributed by atoms with van der Waals surface area (Å²) >= 11 is 0. The molecule has 2 aromatic rings. The van der Waals surface area contributed by atoms with Gasteiger partial charge in [-0.15, -0.1) is 0 Å². The molecule has 5 unspecified atom stereocenters. The highest BCUT2D eigenvalue weighted by atomic mass is 31.1. The first kappa shape index (κ1) is 36.6. The number of hydrogen-bond acceptors (Lipinski definition) is 7. The molecule has 5 atom stereocenters. The minimum Gasteiger partial charge on any atom is -0.416 e. The lowest BCUT2D eigenvalue weighted by Gasteiger charge is -2.45. The maximum Gasteiger partial charge on any atom is 0.497 e. The summed E-state index contributed by atoms with van der Waals surface area (Å²) in [7, 11) is 0.440. The van der Waals surface area contributed by atoms with Crippen LogP contribution >= 0.6 is 8.96 Å². The van der Waals surface area contributed by atoms with Crippen LogP contribution in [0.1, 0.15) is 65.7 Å². The van der Waals surface area contributed by atoms with Gasteiger partial charge in [-0.3, -0.25) is 4.67 Å². The van der Waals surface area contributed by atoms with Gasteiger partial charge in [0.15, 0.2) is 8.32 Å². The highest BCUT2D eigenvalue weighted by Crippen LogP contribution is 2.46. The van der Waals surface area contributed by atoms with Crippen molar-refractivity contribution in [3.05, 3.63) is 71.8 Å². The second-order valence-corrected chi connectivity index (χ2v) is 23.1. The Labute approximate surface area is 265 Å². The van der Waals surface area contributed by atoms with E-state index in [4.69, 9.17) is 30.1 Å². The van der Waals surface area contributed by atoms with Crippen LogP contribution in [-0.2, 0) is 22.2 Å². The Kier molecular flexibility index (Phi) is 12.9. The van der Waals surface area contributed by atoms with E-state index in [9.17, 15) is 5.11 Å².